The Morgan fingerprint density at radius 2 is 1.73 bits per heavy atom. The molecule has 0 aliphatic rings. The first-order valence-electron chi connectivity index (χ1n) is 6.48. The molecule has 1 aromatic heterocycles. The number of anilines is 2. The quantitative estimate of drug-likeness (QED) is 0.429. The number of fused-ring (bicyclic) bond motifs is 1. The summed E-state index contributed by atoms with van der Waals surface area (Å²) in [5, 5.41) is 24.9. The standard InChI is InChI=1S/C15H13N3O3S/c1-8-16-11-6-9(3-5-14(11)22-8)17-15(21)18-10-2-4-12(19)13(20)7-10/h2-7,19-20H,1H3,(H2,17,18,21). The van der Waals surface area contributed by atoms with Crippen LogP contribution in [0.3, 0.4) is 0 Å². The molecule has 0 saturated heterocycles. The Hall–Kier alpha value is -2.80. The number of nitrogens with zero attached hydrogens (tertiary/aromatic N) is 1. The lowest BCUT2D eigenvalue weighted by molar-refractivity contribution is 0.262. The number of aromatic hydroxyl groups is 2. The molecule has 0 bridgehead atoms. The number of phenolic OH excluding ortho intramolecular Hbond substituents is 2. The van der Waals surface area contributed by atoms with E-state index in [9.17, 15) is 15.0 Å². The molecule has 0 atom stereocenters. The second kappa shape index (κ2) is 5.53. The van der Waals surface area contributed by atoms with Crippen LogP contribution in [0, 0.1) is 6.92 Å². The van der Waals surface area contributed by atoms with Crippen LogP contribution < -0.4 is 10.6 Å². The van der Waals surface area contributed by atoms with Gasteiger partial charge in [-0.3, -0.25) is 0 Å². The van der Waals surface area contributed by atoms with Crippen LogP contribution in [0.5, 0.6) is 11.5 Å². The van der Waals surface area contributed by atoms with Crippen molar-refractivity contribution in [1.82, 2.24) is 4.98 Å². The van der Waals surface area contributed by atoms with E-state index in [0.29, 0.717) is 11.4 Å². The number of carbonyl (C=O) groups is 1. The molecule has 112 valence electrons. The van der Waals surface area contributed by atoms with E-state index in [4.69, 9.17) is 0 Å². The van der Waals surface area contributed by atoms with Crippen molar-refractivity contribution < 1.29 is 15.0 Å². The number of nitrogens with one attached hydrogen (secondary N) is 2. The minimum Gasteiger partial charge on any atom is -0.504 e. The summed E-state index contributed by atoms with van der Waals surface area (Å²) in [7, 11) is 0. The SMILES string of the molecule is Cc1nc2cc(NC(=O)Nc3ccc(O)c(O)c3)ccc2s1. The van der Waals surface area contributed by atoms with Crippen LogP contribution >= 0.6 is 11.3 Å². The van der Waals surface area contributed by atoms with Crippen LogP contribution in [0.25, 0.3) is 10.2 Å². The van der Waals surface area contributed by atoms with Crippen molar-refractivity contribution in [2.75, 3.05) is 10.6 Å². The molecule has 0 saturated carbocycles. The van der Waals surface area contributed by atoms with Crippen molar-refractivity contribution in [3.8, 4) is 11.5 Å². The number of aromatic nitrogens is 1. The van der Waals surface area contributed by atoms with Crippen LogP contribution in [0.2, 0.25) is 0 Å². The van der Waals surface area contributed by atoms with E-state index in [0.717, 1.165) is 15.2 Å². The zero-order valence-corrected chi connectivity index (χ0v) is 12.4. The lowest BCUT2D eigenvalue weighted by Gasteiger charge is -2.08. The summed E-state index contributed by atoms with van der Waals surface area (Å²) in [4.78, 5) is 16.3. The highest BCUT2D eigenvalue weighted by Crippen LogP contribution is 2.28. The molecular formula is C15H13N3O3S. The number of benzene rings is 2. The van der Waals surface area contributed by atoms with Gasteiger partial charge in [0.15, 0.2) is 11.5 Å². The molecule has 1 heterocycles. The first kappa shape index (κ1) is 14.2. The van der Waals surface area contributed by atoms with Gasteiger partial charge in [0.1, 0.15) is 0 Å². The van der Waals surface area contributed by atoms with Gasteiger partial charge in [-0.25, -0.2) is 9.78 Å². The maximum Gasteiger partial charge on any atom is 0.323 e. The van der Waals surface area contributed by atoms with Crippen LogP contribution in [0.4, 0.5) is 16.2 Å². The van der Waals surface area contributed by atoms with Gasteiger partial charge in [0.05, 0.1) is 15.2 Å². The number of hydrogen-bond acceptors (Lipinski definition) is 5. The van der Waals surface area contributed by atoms with E-state index in [-0.39, 0.29) is 11.5 Å². The normalized spacial score (nSPS) is 10.6. The van der Waals surface area contributed by atoms with Gasteiger partial charge >= 0.3 is 6.03 Å². The molecule has 0 spiro atoms. The average molecular weight is 315 g/mol. The molecule has 3 aromatic rings. The summed E-state index contributed by atoms with van der Waals surface area (Å²) in [5.41, 5.74) is 1.83. The second-order valence-electron chi connectivity index (χ2n) is 4.70. The van der Waals surface area contributed by atoms with Crippen molar-refractivity contribution in [1.29, 1.82) is 0 Å². The predicted octanol–water partition coefficient (Wildman–Crippen LogP) is 3.66. The predicted molar refractivity (Wildman–Crippen MR) is 86.8 cm³/mol. The highest BCUT2D eigenvalue weighted by molar-refractivity contribution is 7.18. The molecule has 3 rings (SSSR count). The maximum absolute atomic E-state index is 11.9. The Morgan fingerprint density at radius 1 is 1.05 bits per heavy atom. The molecule has 0 fully saturated rings. The molecule has 6 nitrogen and oxygen atoms in total. The number of urea groups is 1. The summed E-state index contributed by atoms with van der Waals surface area (Å²) in [6, 6.07) is 9.11. The van der Waals surface area contributed by atoms with Gasteiger partial charge in [-0.15, -0.1) is 11.3 Å². The molecular weight excluding hydrogens is 302 g/mol. The summed E-state index contributed by atoms with van der Waals surface area (Å²) >= 11 is 1.59. The minimum atomic E-state index is -0.448. The highest BCUT2D eigenvalue weighted by Gasteiger charge is 2.07. The first-order valence-corrected chi connectivity index (χ1v) is 7.30. The third-order valence-electron chi connectivity index (χ3n) is 2.99. The average Bonchev–Trinajstić information content (AvgIpc) is 2.82. The minimum absolute atomic E-state index is 0.240. The van der Waals surface area contributed by atoms with E-state index in [2.05, 4.69) is 15.6 Å². The zero-order valence-electron chi connectivity index (χ0n) is 11.6. The lowest BCUT2D eigenvalue weighted by atomic mass is 10.3. The number of aryl methyl sites for hydroxylation is 1. The Balaban J connectivity index is 1.73. The molecule has 0 unspecified atom stereocenters. The van der Waals surface area contributed by atoms with Crippen LogP contribution in [-0.2, 0) is 0 Å². The summed E-state index contributed by atoms with van der Waals surface area (Å²) < 4.78 is 1.06. The monoisotopic (exact) mass is 315 g/mol. The van der Waals surface area contributed by atoms with Crippen molar-refractivity contribution in [3.63, 3.8) is 0 Å². The van der Waals surface area contributed by atoms with E-state index in [1.165, 1.54) is 18.2 Å². The summed E-state index contributed by atoms with van der Waals surface area (Å²) in [5.74, 6) is -0.535. The molecule has 2 amide bonds. The van der Waals surface area contributed by atoms with Gasteiger partial charge < -0.3 is 20.8 Å². The summed E-state index contributed by atoms with van der Waals surface area (Å²) in [6.07, 6.45) is 0. The van der Waals surface area contributed by atoms with Gasteiger partial charge in [0, 0.05) is 17.4 Å². The number of phenols is 2. The van der Waals surface area contributed by atoms with Crippen molar-refractivity contribution in [3.05, 3.63) is 41.4 Å². The number of carbonyl (C=O) groups excluding carboxylic acids is 1. The van der Waals surface area contributed by atoms with E-state index >= 15 is 0 Å². The number of amides is 2. The maximum atomic E-state index is 11.9. The Morgan fingerprint density at radius 3 is 2.45 bits per heavy atom. The van der Waals surface area contributed by atoms with Crippen LogP contribution in [0.15, 0.2) is 36.4 Å². The fourth-order valence-electron chi connectivity index (χ4n) is 2.02. The number of thiazole rings is 1. The number of rotatable bonds is 2. The Kier molecular flexibility index (Phi) is 3.56. The topological polar surface area (TPSA) is 94.5 Å². The molecule has 22 heavy (non-hydrogen) atoms. The van der Waals surface area contributed by atoms with Crippen molar-refractivity contribution in [2.24, 2.45) is 0 Å². The first-order chi connectivity index (χ1) is 10.5. The molecule has 7 heteroatoms. The molecule has 2 aromatic carbocycles. The Bertz CT molecular complexity index is 860. The van der Waals surface area contributed by atoms with E-state index in [1.54, 1.807) is 23.5 Å². The molecule has 0 radical (unpaired) electrons. The van der Waals surface area contributed by atoms with Crippen LogP contribution in [0.1, 0.15) is 5.01 Å². The molecule has 0 aliphatic carbocycles. The van der Waals surface area contributed by atoms with Gasteiger partial charge in [-0.05, 0) is 37.3 Å². The number of hydrogen-bond donors (Lipinski definition) is 4. The zero-order chi connectivity index (χ0) is 15.7. The van der Waals surface area contributed by atoms with Gasteiger partial charge in [-0.1, -0.05) is 0 Å². The third-order valence-corrected chi connectivity index (χ3v) is 3.94. The van der Waals surface area contributed by atoms with E-state index < -0.39 is 6.03 Å². The Labute approximate surface area is 130 Å². The van der Waals surface area contributed by atoms with Gasteiger partial charge in [0.2, 0.25) is 0 Å². The third kappa shape index (κ3) is 2.94. The highest BCUT2D eigenvalue weighted by atomic mass is 32.1. The molecule has 4 N–H and O–H groups in total. The second-order valence-corrected chi connectivity index (χ2v) is 5.93. The smallest absolute Gasteiger partial charge is 0.323 e. The van der Waals surface area contributed by atoms with Crippen molar-refractivity contribution >= 4 is 39.0 Å². The fraction of sp³-hybridized carbons (Fsp3) is 0.0667. The van der Waals surface area contributed by atoms with Crippen molar-refractivity contribution in [2.45, 2.75) is 6.92 Å². The fourth-order valence-corrected chi connectivity index (χ4v) is 2.82. The summed E-state index contributed by atoms with van der Waals surface area (Å²) in [6.45, 7) is 1.93. The lowest BCUT2D eigenvalue weighted by Crippen LogP contribution is -2.19. The van der Waals surface area contributed by atoms with Gasteiger partial charge in [0.25, 0.3) is 0 Å². The largest absolute Gasteiger partial charge is 0.504 e. The van der Waals surface area contributed by atoms with Gasteiger partial charge in [-0.2, -0.15) is 0 Å². The van der Waals surface area contributed by atoms with E-state index in [1.807, 2.05) is 13.0 Å². The van der Waals surface area contributed by atoms with Crippen LogP contribution in [-0.4, -0.2) is 21.2 Å². The molecule has 0 aliphatic heterocycles.